The van der Waals surface area contributed by atoms with Gasteiger partial charge in [0.2, 0.25) is 15.7 Å². The van der Waals surface area contributed by atoms with Gasteiger partial charge in [-0.15, -0.1) is 20.4 Å². The molecule has 17 heteroatoms. The minimum atomic E-state index is -3.84. The Morgan fingerprint density at radius 2 is 1.40 bits per heavy atom. The van der Waals surface area contributed by atoms with E-state index in [1.807, 2.05) is 76.2 Å². The van der Waals surface area contributed by atoms with E-state index in [2.05, 4.69) is 48.2 Å². The van der Waals surface area contributed by atoms with E-state index in [1.165, 1.54) is 33.8 Å². The number of fused-ring (bicyclic) bond motifs is 2. The van der Waals surface area contributed by atoms with Crippen LogP contribution in [0.15, 0.2) is 72.8 Å². The number of carbonyl (C=O) groups excluding carboxylic acids is 1. The van der Waals surface area contributed by atoms with Crippen molar-refractivity contribution in [2.75, 3.05) is 12.4 Å². The SMILES string of the molecule is CC(C)Oc1ccc(-c2nnc(-c3cccc4c3CC[C@@H]4N)s2)cc1C#N.[C-]#[N+]c1cc(-c2nnc(-c3cccc4c3CC[C@@H]4NS(=O)(=O)CC(=O)OCC)s2)ccc1OC(C)C. The number of hydrogen-bond acceptors (Lipinski definition) is 14. The fourth-order valence-corrected chi connectivity index (χ4v) is 10.5. The second-order valence-corrected chi connectivity index (χ2v) is 19.1. The molecule has 0 fully saturated rings. The van der Waals surface area contributed by atoms with Crippen molar-refractivity contribution in [2.45, 2.75) is 84.6 Å². The zero-order valence-electron chi connectivity index (χ0n) is 35.4. The summed E-state index contributed by atoms with van der Waals surface area (Å²) in [6.07, 6.45) is 3.16. The van der Waals surface area contributed by atoms with E-state index in [0.717, 1.165) is 56.2 Å². The summed E-state index contributed by atoms with van der Waals surface area (Å²) in [7, 11) is -3.84. The van der Waals surface area contributed by atoms with Gasteiger partial charge in [-0.25, -0.2) is 18.0 Å². The normalized spacial score (nSPS) is 15.2. The van der Waals surface area contributed by atoms with E-state index in [0.29, 0.717) is 45.6 Å². The maximum atomic E-state index is 12.5. The number of benzene rings is 4. The smallest absolute Gasteiger partial charge is 0.322 e. The molecule has 0 aliphatic heterocycles. The van der Waals surface area contributed by atoms with Crippen LogP contribution in [0.1, 0.15) is 87.4 Å². The highest BCUT2D eigenvalue weighted by molar-refractivity contribution is 7.90. The first-order valence-corrected chi connectivity index (χ1v) is 23.8. The highest BCUT2D eigenvalue weighted by Gasteiger charge is 2.31. The van der Waals surface area contributed by atoms with E-state index in [9.17, 15) is 18.5 Å². The Hall–Kier alpha value is -6.08. The fourth-order valence-electron chi connectivity index (χ4n) is 7.58. The summed E-state index contributed by atoms with van der Waals surface area (Å²) in [5, 5.41) is 30.0. The van der Waals surface area contributed by atoms with Crippen LogP contribution < -0.4 is 19.9 Å². The lowest BCUT2D eigenvalue weighted by atomic mass is 10.0. The van der Waals surface area contributed by atoms with Gasteiger partial charge in [0, 0.05) is 34.3 Å². The van der Waals surface area contributed by atoms with Gasteiger partial charge in [0.1, 0.15) is 37.6 Å². The maximum Gasteiger partial charge on any atom is 0.322 e. The van der Waals surface area contributed by atoms with Crippen LogP contribution in [0.4, 0.5) is 5.69 Å². The number of sulfonamides is 1. The number of carbonyl (C=O) groups is 1. The average molecular weight is 903 g/mol. The second kappa shape index (κ2) is 19.5. The summed E-state index contributed by atoms with van der Waals surface area (Å²) < 4.78 is 43.8. The van der Waals surface area contributed by atoms with Crippen molar-refractivity contribution in [2.24, 2.45) is 5.73 Å². The van der Waals surface area contributed by atoms with E-state index in [-0.39, 0.29) is 24.9 Å². The molecule has 0 spiro atoms. The molecule has 0 saturated carbocycles. The van der Waals surface area contributed by atoms with Gasteiger partial charge in [-0.1, -0.05) is 65.1 Å². The molecule has 4 aromatic carbocycles. The van der Waals surface area contributed by atoms with Crippen molar-refractivity contribution in [1.29, 1.82) is 5.26 Å². The molecular formula is C46H46N8O6S3. The van der Waals surface area contributed by atoms with E-state index in [1.54, 1.807) is 19.1 Å². The van der Waals surface area contributed by atoms with Crippen molar-refractivity contribution in [3.8, 4) is 59.9 Å². The summed E-state index contributed by atoms with van der Waals surface area (Å²) in [6.45, 7) is 16.9. The molecule has 0 unspecified atom stereocenters. The Morgan fingerprint density at radius 1 is 0.841 bits per heavy atom. The number of hydrogen-bond donors (Lipinski definition) is 2. The van der Waals surface area contributed by atoms with Crippen molar-refractivity contribution in [1.82, 2.24) is 25.1 Å². The van der Waals surface area contributed by atoms with Gasteiger partial charge in [-0.2, -0.15) is 5.26 Å². The van der Waals surface area contributed by atoms with E-state index < -0.39 is 27.8 Å². The first kappa shape index (κ1) is 45.0. The van der Waals surface area contributed by atoms with E-state index in [4.69, 9.17) is 26.5 Å². The van der Waals surface area contributed by atoms with Crippen molar-refractivity contribution in [3.05, 3.63) is 112 Å². The van der Waals surface area contributed by atoms with Crippen LogP contribution in [0.3, 0.4) is 0 Å². The molecule has 0 bridgehead atoms. The molecule has 324 valence electrons. The van der Waals surface area contributed by atoms with Gasteiger partial charge < -0.3 is 19.9 Å². The van der Waals surface area contributed by atoms with Crippen LogP contribution in [0.25, 0.3) is 47.1 Å². The van der Waals surface area contributed by atoms with Crippen LogP contribution in [0.2, 0.25) is 0 Å². The third-order valence-corrected chi connectivity index (χ3v) is 13.5. The molecule has 3 N–H and O–H groups in total. The molecule has 63 heavy (non-hydrogen) atoms. The molecule has 2 atom stereocenters. The number of rotatable bonds is 13. The molecule has 2 aromatic heterocycles. The number of aromatic nitrogens is 4. The quantitative estimate of drug-likeness (QED) is 0.0825. The summed E-state index contributed by atoms with van der Waals surface area (Å²) in [6, 6.07) is 24.8. The van der Waals surface area contributed by atoms with Gasteiger partial charge in [-0.05, 0) is 113 Å². The second-order valence-electron chi connectivity index (χ2n) is 15.4. The third-order valence-electron chi connectivity index (χ3n) is 10.2. The number of ether oxygens (including phenoxy) is 3. The van der Waals surface area contributed by atoms with Crippen molar-refractivity contribution >= 4 is 44.4 Å². The minimum Gasteiger partial charge on any atom is -0.502 e. The first-order valence-electron chi connectivity index (χ1n) is 20.5. The van der Waals surface area contributed by atoms with Crippen molar-refractivity contribution in [3.63, 3.8) is 0 Å². The Labute approximate surface area is 375 Å². The molecule has 0 saturated heterocycles. The number of nitrogens with zero attached hydrogens (tertiary/aromatic N) is 6. The predicted molar refractivity (Wildman–Crippen MR) is 244 cm³/mol. The summed E-state index contributed by atoms with van der Waals surface area (Å²) >= 11 is 2.94. The van der Waals surface area contributed by atoms with Crippen LogP contribution in [-0.4, -0.2) is 59.3 Å². The topological polar surface area (TPSA) is 197 Å². The van der Waals surface area contributed by atoms with Gasteiger partial charge in [0.05, 0.1) is 31.0 Å². The largest absolute Gasteiger partial charge is 0.502 e. The summed E-state index contributed by atoms with van der Waals surface area (Å²) in [5.41, 5.74) is 15.1. The van der Waals surface area contributed by atoms with Crippen molar-refractivity contribution < 1.29 is 27.4 Å². The molecule has 8 rings (SSSR count). The summed E-state index contributed by atoms with van der Waals surface area (Å²) in [5.74, 6) is -0.357. The molecule has 6 aromatic rings. The highest BCUT2D eigenvalue weighted by atomic mass is 32.2. The number of nitrogens with two attached hydrogens (primary N) is 1. The Kier molecular flexibility index (Phi) is 13.9. The van der Waals surface area contributed by atoms with Gasteiger partial charge in [0.25, 0.3) is 0 Å². The Morgan fingerprint density at radius 3 is 2.00 bits per heavy atom. The van der Waals surface area contributed by atoms with Crippen LogP contribution >= 0.6 is 22.7 Å². The number of nitrogens with one attached hydrogen (secondary N) is 1. The van der Waals surface area contributed by atoms with Gasteiger partial charge >= 0.3 is 5.97 Å². The Bertz CT molecular complexity index is 2840. The zero-order chi connectivity index (χ0) is 44.8. The van der Waals surface area contributed by atoms with Crippen LogP contribution in [0, 0.1) is 17.9 Å². The van der Waals surface area contributed by atoms with Gasteiger partial charge in [0.15, 0.2) is 5.75 Å². The predicted octanol–water partition coefficient (Wildman–Crippen LogP) is 9.16. The molecule has 2 heterocycles. The lowest BCUT2D eigenvalue weighted by Crippen LogP contribution is -2.33. The van der Waals surface area contributed by atoms with E-state index >= 15 is 0 Å². The monoisotopic (exact) mass is 902 g/mol. The lowest BCUT2D eigenvalue weighted by molar-refractivity contribution is -0.139. The highest BCUT2D eigenvalue weighted by Crippen LogP contribution is 2.42. The zero-order valence-corrected chi connectivity index (χ0v) is 37.9. The first-order chi connectivity index (χ1) is 30.3. The average Bonchev–Trinajstić information content (AvgIpc) is 4.09. The minimum absolute atomic E-state index is 0.0163. The number of nitriles is 1. The number of esters is 1. The molecule has 2 aliphatic carbocycles. The third kappa shape index (κ3) is 10.4. The lowest BCUT2D eigenvalue weighted by Gasteiger charge is -2.14. The molecule has 0 radical (unpaired) electrons. The molecule has 14 nitrogen and oxygen atoms in total. The van der Waals surface area contributed by atoms with Crippen LogP contribution in [-0.2, 0) is 32.4 Å². The molecule has 0 amide bonds. The van der Waals surface area contributed by atoms with Crippen LogP contribution in [0.5, 0.6) is 11.5 Å². The Balaban J connectivity index is 0.000000196. The standard InChI is InChI=1S/C25H26N4O5S2.C21H20N4OS/c1-5-33-23(30)14-36(31,32)29-20-11-10-17-18(20)7-6-8-19(17)25-28-27-24(35-25)16-9-12-22(34-15(2)3)21(13-16)26-4;1-12(2)26-19-9-6-13(10-14(19)11-22)20-24-25-21(27-20)17-5-3-4-16-15(17)7-8-18(16)23/h6-9,12-13,15,20,29H,5,10-11,14H2,1-3H3;3-6,9-10,12,18H,7-8,23H2,1-2H3/t20-;18-/m00/s1. The molecule has 2 aliphatic rings. The summed E-state index contributed by atoms with van der Waals surface area (Å²) in [4.78, 5) is 15.2. The molecular weight excluding hydrogens is 857 g/mol. The maximum absolute atomic E-state index is 12.5. The fraction of sp³-hybridized carbons (Fsp3) is 0.326. The van der Waals surface area contributed by atoms with Gasteiger partial charge in [-0.3, -0.25) is 4.79 Å².